The summed E-state index contributed by atoms with van der Waals surface area (Å²) in [6.45, 7) is 0. The molecule has 6 heteroatoms. The molecule has 1 amide bonds. The van der Waals surface area contributed by atoms with Gasteiger partial charge in [-0.15, -0.1) is 0 Å². The molecule has 2 unspecified atom stereocenters. The first-order chi connectivity index (χ1) is 19.2. The lowest BCUT2D eigenvalue weighted by atomic mass is 9.87. The molecule has 0 N–H and O–H groups in total. The molecule has 0 spiro atoms. The van der Waals surface area contributed by atoms with Crippen LogP contribution < -0.4 is 14.4 Å². The van der Waals surface area contributed by atoms with E-state index in [1.807, 2.05) is 23.1 Å². The van der Waals surface area contributed by atoms with Gasteiger partial charge in [-0.25, -0.2) is 0 Å². The number of amides is 1. The van der Waals surface area contributed by atoms with Crippen molar-refractivity contribution < 1.29 is 14.3 Å². The Bertz CT molecular complexity index is 1680. The second-order valence-electron chi connectivity index (χ2n) is 9.81. The van der Waals surface area contributed by atoms with Gasteiger partial charge in [-0.05, 0) is 54.8 Å². The minimum absolute atomic E-state index is 0.00384. The van der Waals surface area contributed by atoms with Crippen LogP contribution >= 0.6 is 0 Å². The second-order valence-corrected chi connectivity index (χ2v) is 9.81. The molecule has 1 aliphatic rings. The molecule has 194 valence electrons. The molecule has 4 aromatic carbocycles. The molecule has 1 aromatic heterocycles. The number of hydrogen-bond acceptors (Lipinski definition) is 4. The SMILES string of the molecule is COc1ccc(C(=O)N2c3ccccc3C(n3c4ccccc4c4ccccc43)CC2CCC#N)cc1OC. The van der Waals surface area contributed by atoms with Crippen LogP contribution in [-0.4, -0.2) is 30.7 Å². The number of methoxy groups -OCH3 is 2. The molecule has 5 aromatic rings. The van der Waals surface area contributed by atoms with Crippen molar-refractivity contribution in [3.8, 4) is 17.6 Å². The van der Waals surface area contributed by atoms with E-state index in [1.165, 1.54) is 10.8 Å². The van der Waals surface area contributed by atoms with Crippen molar-refractivity contribution in [1.82, 2.24) is 4.57 Å². The Morgan fingerprint density at radius 1 is 0.872 bits per heavy atom. The number of para-hydroxylation sites is 3. The Balaban J connectivity index is 1.53. The molecule has 0 bridgehead atoms. The molecule has 0 aliphatic carbocycles. The molecule has 0 saturated heterocycles. The summed E-state index contributed by atoms with van der Waals surface area (Å²) in [5.41, 5.74) is 4.80. The Morgan fingerprint density at radius 3 is 2.18 bits per heavy atom. The summed E-state index contributed by atoms with van der Waals surface area (Å²) >= 11 is 0. The highest BCUT2D eigenvalue weighted by Gasteiger charge is 2.38. The fraction of sp³-hybridized carbons (Fsp3) is 0.212. The largest absolute Gasteiger partial charge is 0.493 e. The summed E-state index contributed by atoms with van der Waals surface area (Å²) in [4.78, 5) is 16.0. The lowest BCUT2D eigenvalue weighted by Gasteiger charge is -2.42. The summed E-state index contributed by atoms with van der Waals surface area (Å²) in [5.74, 6) is 0.956. The number of carbonyl (C=O) groups is 1. The number of aromatic nitrogens is 1. The van der Waals surface area contributed by atoms with Gasteiger partial charge in [0.15, 0.2) is 11.5 Å². The highest BCUT2D eigenvalue weighted by atomic mass is 16.5. The number of fused-ring (bicyclic) bond motifs is 4. The molecule has 1 aliphatic heterocycles. The van der Waals surface area contributed by atoms with E-state index < -0.39 is 0 Å². The first-order valence-corrected chi connectivity index (χ1v) is 13.2. The summed E-state index contributed by atoms with van der Waals surface area (Å²) in [6, 6.07) is 32.5. The third-order valence-corrected chi connectivity index (χ3v) is 7.78. The van der Waals surface area contributed by atoms with Gasteiger partial charge in [0, 0.05) is 45.5 Å². The maximum Gasteiger partial charge on any atom is 0.258 e. The van der Waals surface area contributed by atoms with Crippen LogP contribution in [0.25, 0.3) is 21.8 Å². The van der Waals surface area contributed by atoms with Crippen LogP contribution in [0.1, 0.15) is 41.2 Å². The van der Waals surface area contributed by atoms with Gasteiger partial charge in [-0.3, -0.25) is 4.79 Å². The number of ether oxygens (including phenoxy) is 2. The van der Waals surface area contributed by atoms with E-state index in [2.05, 4.69) is 65.2 Å². The third-order valence-electron chi connectivity index (χ3n) is 7.78. The van der Waals surface area contributed by atoms with Crippen molar-refractivity contribution in [2.45, 2.75) is 31.3 Å². The number of rotatable bonds is 6. The van der Waals surface area contributed by atoms with Gasteiger partial charge in [0.2, 0.25) is 0 Å². The standard InChI is InChI=1S/C33H29N3O3/c1-38-31-18-17-22(20-32(31)39-2)33(37)35-23(10-9-19-34)21-30(26-13-5-8-16-29(26)35)36-27-14-6-3-11-24(27)25-12-4-7-15-28(25)36/h3-8,11-18,20,23,30H,9-10,21H2,1-2H3. The van der Waals surface area contributed by atoms with Crippen LogP contribution in [0.15, 0.2) is 91.0 Å². The van der Waals surface area contributed by atoms with Crippen molar-refractivity contribution >= 4 is 33.4 Å². The zero-order chi connectivity index (χ0) is 26.9. The minimum Gasteiger partial charge on any atom is -0.493 e. The van der Waals surface area contributed by atoms with Crippen molar-refractivity contribution in [1.29, 1.82) is 5.26 Å². The minimum atomic E-state index is -0.162. The zero-order valence-electron chi connectivity index (χ0n) is 22.0. The fourth-order valence-corrected chi connectivity index (χ4v) is 6.07. The number of carbonyl (C=O) groups excluding carboxylic acids is 1. The molecular formula is C33H29N3O3. The van der Waals surface area contributed by atoms with Gasteiger partial charge in [0.25, 0.3) is 5.91 Å². The lowest BCUT2D eigenvalue weighted by Crippen LogP contribution is -2.45. The van der Waals surface area contributed by atoms with E-state index in [4.69, 9.17) is 9.47 Å². The number of hydrogen-bond donors (Lipinski definition) is 0. The summed E-state index contributed by atoms with van der Waals surface area (Å²) in [6.07, 6.45) is 1.64. The summed E-state index contributed by atoms with van der Waals surface area (Å²) < 4.78 is 13.3. The highest BCUT2D eigenvalue weighted by Crippen LogP contribution is 2.45. The maximum atomic E-state index is 14.2. The van der Waals surface area contributed by atoms with Gasteiger partial charge in [0.05, 0.1) is 26.3 Å². The van der Waals surface area contributed by atoms with Crippen molar-refractivity contribution in [2.24, 2.45) is 0 Å². The molecular weight excluding hydrogens is 486 g/mol. The van der Waals surface area contributed by atoms with E-state index in [1.54, 1.807) is 32.4 Å². The van der Waals surface area contributed by atoms with Crippen LogP contribution in [0.2, 0.25) is 0 Å². The van der Waals surface area contributed by atoms with Crippen LogP contribution in [0, 0.1) is 11.3 Å². The highest BCUT2D eigenvalue weighted by molar-refractivity contribution is 6.09. The topological polar surface area (TPSA) is 67.5 Å². The van der Waals surface area contributed by atoms with Gasteiger partial charge in [-0.2, -0.15) is 5.26 Å². The monoisotopic (exact) mass is 515 g/mol. The molecule has 2 heterocycles. The van der Waals surface area contributed by atoms with Gasteiger partial charge < -0.3 is 18.9 Å². The van der Waals surface area contributed by atoms with Crippen LogP contribution in [-0.2, 0) is 0 Å². The molecule has 6 nitrogen and oxygen atoms in total. The Labute approximate surface area is 227 Å². The number of nitrogens with zero attached hydrogens (tertiary/aromatic N) is 3. The molecule has 6 rings (SSSR count). The zero-order valence-corrected chi connectivity index (χ0v) is 22.0. The third kappa shape index (κ3) is 4.07. The average Bonchev–Trinajstić information content (AvgIpc) is 3.33. The maximum absolute atomic E-state index is 14.2. The Hall–Kier alpha value is -4.76. The molecule has 0 fully saturated rings. The van der Waals surface area contributed by atoms with Crippen molar-refractivity contribution in [3.63, 3.8) is 0 Å². The quantitative estimate of drug-likeness (QED) is 0.241. The van der Waals surface area contributed by atoms with Gasteiger partial charge >= 0.3 is 0 Å². The molecule has 2 atom stereocenters. The van der Waals surface area contributed by atoms with E-state index in [-0.39, 0.29) is 18.0 Å². The number of anilines is 1. The van der Waals surface area contributed by atoms with Crippen molar-refractivity contribution in [3.05, 3.63) is 102 Å². The molecule has 39 heavy (non-hydrogen) atoms. The van der Waals surface area contributed by atoms with Gasteiger partial charge in [-0.1, -0.05) is 54.6 Å². The number of nitriles is 1. The van der Waals surface area contributed by atoms with Crippen LogP contribution in [0.5, 0.6) is 11.5 Å². The van der Waals surface area contributed by atoms with Crippen molar-refractivity contribution in [2.75, 3.05) is 19.1 Å². The predicted octanol–water partition coefficient (Wildman–Crippen LogP) is 7.12. The average molecular weight is 516 g/mol. The van der Waals surface area contributed by atoms with Gasteiger partial charge in [0.1, 0.15) is 0 Å². The fourth-order valence-electron chi connectivity index (χ4n) is 6.07. The van der Waals surface area contributed by atoms with E-state index in [0.717, 1.165) is 22.3 Å². The first kappa shape index (κ1) is 24.6. The molecule has 0 radical (unpaired) electrons. The normalized spacial score (nSPS) is 16.6. The van der Waals surface area contributed by atoms with E-state index in [9.17, 15) is 10.1 Å². The van der Waals surface area contributed by atoms with E-state index >= 15 is 0 Å². The second kappa shape index (κ2) is 10.2. The summed E-state index contributed by atoms with van der Waals surface area (Å²) in [7, 11) is 3.14. The summed E-state index contributed by atoms with van der Waals surface area (Å²) in [5, 5.41) is 11.9. The first-order valence-electron chi connectivity index (χ1n) is 13.2. The Kier molecular flexibility index (Phi) is 6.42. The van der Waals surface area contributed by atoms with Crippen LogP contribution in [0.3, 0.4) is 0 Å². The molecule has 0 saturated carbocycles. The Morgan fingerprint density at radius 2 is 1.51 bits per heavy atom. The predicted molar refractivity (Wildman–Crippen MR) is 154 cm³/mol. The lowest BCUT2D eigenvalue weighted by molar-refractivity contribution is 0.0968. The number of benzene rings is 4. The smallest absolute Gasteiger partial charge is 0.258 e. The van der Waals surface area contributed by atoms with E-state index in [0.29, 0.717) is 36.3 Å². The van der Waals surface area contributed by atoms with Crippen LogP contribution in [0.4, 0.5) is 5.69 Å².